The second kappa shape index (κ2) is 5.80. The molecule has 0 spiro atoms. The van der Waals surface area contributed by atoms with Gasteiger partial charge in [0.25, 0.3) is 0 Å². The molecule has 0 aliphatic carbocycles. The van der Waals surface area contributed by atoms with E-state index in [1.165, 1.54) is 0 Å². The molecule has 118 valence electrons. The molecule has 0 bridgehead atoms. The number of rotatable bonds is 3. The smallest absolute Gasteiger partial charge is 0.327 e. The van der Waals surface area contributed by atoms with Crippen LogP contribution in [0.15, 0.2) is 54.6 Å². The van der Waals surface area contributed by atoms with E-state index in [4.69, 9.17) is 9.47 Å². The van der Waals surface area contributed by atoms with E-state index in [9.17, 15) is 4.79 Å². The third-order valence-corrected chi connectivity index (χ3v) is 4.73. The summed E-state index contributed by atoms with van der Waals surface area (Å²) in [5.74, 6) is 0.492. The fourth-order valence-corrected chi connectivity index (χ4v) is 3.54. The van der Waals surface area contributed by atoms with E-state index in [0.717, 1.165) is 24.2 Å². The van der Waals surface area contributed by atoms with Crippen LogP contribution in [-0.2, 0) is 14.9 Å². The minimum Gasteiger partial charge on any atom is -0.425 e. The Morgan fingerprint density at radius 1 is 0.957 bits per heavy atom. The molecule has 4 heteroatoms. The van der Waals surface area contributed by atoms with Crippen molar-refractivity contribution in [2.75, 3.05) is 32.8 Å². The van der Waals surface area contributed by atoms with Gasteiger partial charge in [-0.15, -0.1) is 0 Å². The SMILES string of the molecule is O=C1Oc2ccccc2C1(CN1CCOCC1)c1ccccc1. The third kappa shape index (κ3) is 2.35. The molecule has 4 rings (SSSR count). The van der Waals surface area contributed by atoms with E-state index in [0.29, 0.717) is 25.5 Å². The average molecular weight is 309 g/mol. The molecule has 2 heterocycles. The largest absolute Gasteiger partial charge is 0.425 e. The Morgan fingerprint density at radius 2 is 1.65 bits per heavy atom. The second-order valence-corrected chi connectivity index (χ2v) is 6.05. The molecular formula is C19H19NO3. The highest BCUT2D eigenvalue weighted by molar-refractivity contribution is 5.94. The van der Waals surface area contributed by atoms with Crippen molar-refractivity contribution < 1.29 is 14.3 Å². The van der Waals surface area contributed by atoms with E-state index < -0.39 is 5.41 Å². The summed E-state index contributed by atoms with van der Waals surface area (Å²) in [5, 5.41) is 0. The first-order valence-corrected chi connectivity index (χ1v) is 7.98. The molecule has 2 aromatic carbocycles. The highest BCUT2D eigenvalue weighted by Gasteiger charge is 2.51. The van der Waals surface area contributed by atoms with Gasteiger partial charge in [-0.1, -0.05) is 48.5 Å². The van der Waals surface area contributed by atoms with Crippen LogP contribution in [0.5, 0.6) is 5.75 Å². The molecule has 1 atom stereocenters. The predicted molar refractivity (Wildman–Crippen MR) is 86.6 cm³/mol. The van der Waals surface area contributed by atoms with Gasteiger partial charge in [0.15, 0.2) is 0 Å². The zero-order valence-corrected chi connectivity index (χ0v) is 12.9. The zero-order valence-electron chi connectivity index (χ0n) is 12.9. The van der Waals surface area contributed by atoms with Crippen LogP contribution in [0.25, 0.3) is 0 Å². The molecule has 4 nitrogen and oxygen atoms in total. The van der Waals surface area contributed by atoms with Crippen molar-refractivity contribution in [2.24, 2.45) is 0 Å². The monoisotopic (exact) mass is 309 g/mol. The topological polar surface area (TPSA) is 38.8 Å². The summed E-state index contributed by atoms with van der Waals surface area (Å²) in [5.41, 5.74) is 1.19. The van der Waals surface area contributed by atoms with E-state index in [2.05, 4.69) is 4.90 Å². The number of para-hydroxylation sites is 1. The van der Waals surface area contributed by atoms with Gasteiger partial charge < -0.3 is 9.47 Å². The molecular weight excluding hydrogens is 290 g/mol. The Hall–Kier alpha value is -2.17. The summed E-state index contributed by atoms with van der Waals surface area (Å²) in [7, 11) is 0. The lowest BCUT2D eigenvalue weighted by Gasteiger charge is -2.35. The Labute approximate surface area is 135 Å². The van der Waals surface area contributed by atoms with Gasteiger partial charge in [0, 0.05) is 25.2 Å². The Kier molecular flexibility index (Phi) is 3.63. The number of morpholine rings is 1. The van der Waals surface area contributed by atoms with Crippen LogP contribution in [0, 0.1) is 0 Å². The minimum absolute atomic E-state index is 0.184. The molecule has 1 unspecified atom stereocenters. The molecule has 0 amide bonds. The first kappa shape index (κ1) is 14.4. The van der Waals surface area contributed by atoms with Crippen LogP contribution in [-0.4, -0.2) is 43.7 Å². The van der Waals surface area contributed by atoms with Gasteiger partial charge in [-0.3, -0.25) is 9.69 Å². The van der Waals surface area contributed by atoms with Crippen molar-refractivity contribution in [1.29, 1.82) is 0 Å². The van der Waals surface area contributed by atoms with Gasteiger partial charge in [0.2, 0.25) is 0 Å². The van der Waals surface area contributed by atoms with Crippen LogP contribution < -0.4 is 4.74 Å². The molecule has 1 saturated heterocycles. The molecule has 23 heavy (non-hydrogen) atoms. The van der Waals surface area contributed by atoms with Gasteiger partial charge in [0.1, 0.15) is 11.2 Å². The molecule has 0 saturated carbocycles. The number of hydrogen-bond donors (Lipinski definition) is 0. The number of benzene rings is 2. The van der Waals surface area contributed by atoms with Crippen LogP contribution in [0.3, 0.4) is 0 Å². The Morgan fingerprint density at radius 3 is 2.43 bits per heavy atom. The van der Waals surface area contributed by atoms with E-state index in [1.54, 1.807) is 0 Å². The number of carbonyl (C=O) groups is 1. The van der Waals surface area contributed by atoms with Crippen LogP contribution in [0.4, 0.5) is 0 Å². The van der Waals surface area contributed by atoms with Crippen LogP contribution in [0.2, 0.25) is 0 Å². The Balaban J connectivity index is 1.83. The standard InChI is InChI=1S/C19H19NO3/c21-18-19(15-6-2-1-3-7-15,14-20-10-12-22-13-11-20)16-8-4-5-9-17(16)23-18/h1-9H,10-14H2. The van der Waals surface area contributed by atoms with Crippen LogP contribution in [0.1, 0.15) is 11.1 Å². The second-order valence-electron chi connectivity index (χ2n) is 6.05. The van der Waals surface area contributed by atoms with Crippen molar-refractivity contribution in [3.05, 3.63) is 65.7 Å². The number of esters is 1. The summed E-state index contributed by atoms with van der Waals surface area (Å²) in [6.07, 6.45) is 0. The quantitative estimate of drug-likeness (QED) is 0.644. The average Bonchev–Trinajstić information content (AvgIpc) is 2.89. The molecule has 2 aliphatic rings. The van der Waals surface area contributed by atoms with Crippen molar-refractivity contribution in [3.8, 4) is 5.75 Å². The lowest BCUT2D eigenvalue weighted by Crippen LogP contribution is -2.49. The number of hydrogen-bond acceptors (Lipinski definition) is 4. The maximum absolute atomic E-state index is 12.9. The number of fused-ring (bicyclic) bond motifs is 1. The van der Waals surface area contributed by atoms with E-state index in [1.807, 2.05) is 54.6 Å². The molecule has 0 N–H and O–H groups in total. The Bertz CT molecular complexity index is 710. The lowest BCUT2D eigenvalue weighted by molar-refractivity contribution is -0.137. The summed E-state index contributed by atoms with van der Waals surface area (Å²) >= 11 is 0. The van der Waals surface area contributed by atoms with Gasteiger partial charge >= 0.3 is 5.97 Å². The molecule has 2 aromatic rings. The number of ether oxygens (including phenoxy) is 2. The van der Waals surface area contributed by atoms with Crippen molar-refractivity contribution in [2.45, 2.75) is 5.41 Å². The third-order valence-electron chi connectivity index (χ3n) is 4.73. The predicted octanol–water partition coefficient (Wildman–Crippen LogP) is 2.22. The summed E-state index contributed by atoms with van der Waals surface area (Å²) in [6.45, 7) is 3.72. The first-order valence-electron chi connectivity index (χ1n) is 7.98. The zero-order chi connectivity index (χ0) is 15.7. The highest BCUT2D eigenvalue weighted by Crippen LogP contribution is 2.44. The fourth-order valence-electron chi connectivity index (χ4n) is 3.54. The van der Waals surface area contributed by atoms with Gasteiger partial charge in [0.05, 0.1) is 13.2 Å². The fraction of sp³-hybridized carbons (Fsp3) is 0.316. The minimum atomic E-state index is -0.755. The van der Waals surface area contributed by atoms with E-state index in [-0.39, 0.29) is 5.97 Å². The van der Waals surface area contributed by atoms with Gasteiger partial charge in [-0.2, -0.15) is 0 Å². The lowest BCUT2D eigenvalue weighted by atomic mass is 9.75. The summed E-state index contributed by atoms with van der Waals surface area (Å²) in [4.78, 5) is 15.2. The normalized spacial score (nSPS) is 24.3. The van der Waals surface area contributed by atoms with Crippen molar-refractivity contribution in [3.63, 3.8) is 0 Å². The maximum Gasteiger partial charge on any atom is 0.327 e. The molecule has 1 fully saturated rings. The summed E-state index contributed by atoms with van der Waals surface area (Å²) in [6, 6.07) is 17.7. The number of carbonyl (C=O) groups excluding carboxylic acids is 1. The maximum atomic E-state index is 12.9. The van der Waals surface area contributed by atoms with Crippen molar-refractivity contribution in [1.82, 2.24) is 4.90 Å². The van der Waals surface area contributed by atoms with Gasteiger partial charge in [-0.25, -0.2) is 0 Å². The number of nitrogens with zero attached hydrogens (tertiary/aromatic N) is 1. The highest BCUT2D eigenvalue weighted by atomic mass is 16.5. The van der Waals surface area contributed by atoms with Gasteiger partial charge in [-0.05, 0) is 11.6 Å². The summed E-state index contributed by atoms with van der Waals surface area (Å²) < 4.78 is 11.1. The van der Waals surface area contributed by atoms with E-state index >= 15 is 0 Å². The molecule has 0 aromatic heterocycles. The first-order chi connectivity index (χ1) is 11.3. The van der Waals surface area contributed by atoms with Crippen molar-refractivity contribution >= 4 is 5.97 Å². The molecule has 2 aliphatic heterocycles. The molecule has 0 radical (unpaired) electrons. The van der Waals surface area contributed by atoms with Crippen LogP contribution >= 0.6 is 0 Å².